The maximum Gasteiger partial charge on any atom is 0.0219 e. The molecule has 0 amide bonds. The van der Waals surface area contributed by atoms with Crippen molar-refractivity contribution in [3.63, 3.8) is 0 Å². The molecule has 0 saturated heterocycles. The van der Waals surface area contributed by atoms with E-state index in [0.717, 1.165) is 6.42 Å². The molecular formula is C16H19Br. The number of hydrogen-bond donors (Lipinski definition) is 0. The first-order chi connectivity index (χ1) is 8.31. The van der Waals surface area contributed by atoms with Gasteiger partial charge >= 0.3 is 0 Å². The highest BCUT2D eigenvalue weighted by molar-refractivity contribution is 9.10. The minimum Gasteiger partial charge on any atom is -0.0762 e. The molecule has 0 saturated carbocycles. The fourth-order valence-electron chi connectivity index (χ4n) is 3.33. The van der Waals surface area contributed by atoms with Gasteiger partial charge in [0.05, 0.1) is 0 Å². The van der Waals surface area contributed by atoms with E-state index in [9.17, 15) is 0 Å². The number of allylic oxidation sites excluding steroid dienone is 2. The summed E-state index contributed by atoms with van der Waals surface area (Å²) in [5.74, 6) is 0. The smallest absolute Gasteiger partial charge is 0.0219 e. The second-order valence-electron chi connectivity index (χ2n) is 5.24. The molecule has 1 aromatic carbocycles. The van der Waals surface area contributed by atoms with Gasteiger partial charge in [-0.15, -0.1) is 0 Å². The van der Waals surface area contributed by atoms with Crippen molar-refractivity contribution in [1.29, 1.82) is 0 Å². The highest BCUT2D eigenvalue weighted by Gasteiger charge is 2.23. The van der Waals surface area contributed by atoms with Crippen LogP contribution < -0.4 is 0 Å². The molecule has 17 heavy (non-hydrogen) atoms. The summed E-state index contributed by atoms with van der Waals surface area (Å²) in [5, 5.41) is 0. The number of halogens is 1. The van der Waals surface area contributed by atoms with Gasteiger partial charge in [-0.1, -0.05) is 35.4 Å². The van der Waals surface area contributed by atoms with Gasteiger partial charge < -0.3 is 0 Å². The first kappa shape index (κ1) is 11.5. The van der Waals surface area contributed by atoms with Crippen molar-refractivity contribution in [2.24, 2.45) is 0 Å². The van der Waals surface area contributed by atoms with Gasteiger partial charge in [0.2, 0.25) is 0 Å². The Labute approximate surface area is 112 Å². The van der Waals surface area contributed by atoms with Crippen LogP contribution in [0.25, 0.3) is 5.57 Å². The Bertz CT molecular complexity index is 483. The van der Waals surface area contributed by atoms with Gasteiger partial charge in [-0.3, -0.25) is 0 Å². The summed E-state index contributed by atoms with van der Waals surface area (Å²) in [6.45, 7) is 2.28. The van der Waals surface area contributed by atoms with Crippen LogP contribution in [0.3, 0.4) is 0 Å². The van der Waals surface area contributed by atoms with Crippen molar-refractivity contribution in [3.05, 3.63) is 38.9 Å². The Morgan fingerprint density at radius 2 is 2.00 bits per heavy atom. The van der Waals surface area contributed by atoms with Crippen LogP contribution in [0.2, 0.25) is 0 Å². The second-order valence-corrected chi connectivity index (χ2v) is 6.09. The average Bonchev–Trinajstić information content (AvgIpc) is 2.75. The molecule has 3 rings (SSSR count). The van der Waals surface area contributed by atoms with Crippen LogP contribution in [0.15, 0.2) is 16.6 Å². The molecule has 0 spiro atoms. The van der Waals surface area contributed by atoms with Crippen LogP contribution in [0, 0.1) is 0 Å². The highest BCUT2D eigenvalue weighted by Crippen LogP contribution is 2.41. The van der Waals surface area contributed by atoms with Crippen molar-refractivity contribution in [2.75, 3.05) is 0 Å². The maximum atomic E-state index is 3.77. The van der Waals surface area contributed by atoms with Gasteiger partial charge in [0.1, 0.15) is 0 Å². The minimum absolute atomic E-state index is 1.14. The molecule has 0 heterocycles. The third-order valence-corrected chi connectivity index (χ3v) is 4.80. The zero-order chi connectivity index (χ0) is 11.8. The molecule has 0 aliphatic heterocycles. The molecular weight excluding hydrogens is 272 g/mol. The van der Waals surface area contributed by atoms with Crippen LogP contribution in [0.1, 0.15) is 54.9 Å². The zero-order valence-electron chi connectivity index (χ0n) is 10.5. The normalized spacial score (nSPS) is 17.6. The molecule has 2 aliphatic rings. The fraction of sp³-hybridized carbons (Fsp3) is 0.500. The molecule has 0 fully saturated rings. The van der Waals surface area contributed by atoms with Crippen molar-refractivity contribution < 1.29 is 0 Å². The minimum atomic E-state index is 1.14. The van der Waals surface area contributed by atoms with Gasteiger partial charge in [0.15, 0.2) is 0 Å². The Morgan fingerprint density at radius 3 is 2.82 bits per heavy atom. The fourth-order valence-corrected chi connectivity index (χ4v) is 3.96. The van der Waals surface area contributed by atoms with E-state index in [0.29, 0.717) is 0 Å². The summed E-state index contributed by atoms with van der Waals surface area (Å²) in [5.41, 5.74) is 8.06. The number of rotatable bonds is 2. The number of aryl methyl sites for hydroxylation is 1. The van der Waals surface area contributed by atoms with Crippen LogP contribution >= 0.6 is 15.9 Å². The molecule has 0 unspecified atom stereocenters. The number of fused-ring (bicyclic) bond motifs is 3. The lowest BCUT2D eigenvalue weighted by molar-refractivity contribution is 0.682. The lowest BCUT2D eigenvalue weighted by Crippen LogP contribution is -2.07. The molecule has 0 N–H and O–H groups in total. The summed E-state index contributed by atoms with van der Waals surface area (Å²) < 4.78 is 1.34. The van der Waals surface area contributed by atoms with E-state index < -0.39 is 0 Å². The standard InChI is InChI=1S/C16H19Br/c1-2-5-11-8-9-14-15(17)10-12-6-3-4-7-13(12)16(11)14/h8,10H,2-7,9H2,1H3. The van der Waals surface area contributed by atoms with Crippen LogP contribution in [-0.4, -0.2) is 0 Å². The molecule has 90 valence electrons. The van der Waals surface area contributed by atoms with E-state index in [1.54, 1.807) is 27.8 Å². The molecule has 1 heteroatoms. The number of benzene rings is 1. The van der Waals surface area contributed by atoms with Crippen LogP contribution in [0.4, 0.5) is 0 Å². The summed E-state index contributed by atoms with van der Waals surface area (Å²) >= 11 is 3.77. The second kappa shape index (κ2) is 4.61. The van der Waals surface area contributed by atoms with Gasteiger partial charge in [0.25, 0.3) is 0 Å². The summed E-state index contributed by atoms with van der Waals surface area (Å²) in [6, 6.07) is 2.38. The molecule has 0 atom stereocenters. The predicted molar refractivity (Wildman–Crippen MR) is 77.4 cm³/mol. The first-order valence-electron chi connectivity index (χ1n) is 6.83. The van der Waals surface area contributed by atoms with E-state index in [2.05, 4.69) is 35.0 Å². The van der Waals surface area contributed by atoms with Crippen molar-refractivity contribution in [3.8, 4) is 0 Å². The van der Waals surface area contributed by atoms with Crippen molar-refractivity contribution in [1.82, 2.24) is 0 Å². The largest absolute Gasteiger partial charge is 0.0762 e. The zero-order valence-corrected chi connectivity index (χ0v) is 12.1. The predicted octanol–water partition coefficient (Wildman–Crippen LogP) is 5.07. The highest BCUT2D eigenvalue weighted by atomic mass is 79.9. The van der Waals surface area contributed by atoms with Crippen LogP contribution in [-0.2, 0) is 19.3 Å². The Morgan fingerprint density at radius 1 is 1.18 bits per heavy atom. The maximum absolute atomic E-state index is 3.77. The Kier molecular flexibility index (Phi) is 3.12. The number of hydrogen-bond acceptors (Lipinski definition) is 0. The van der Waals surface area contributed by atoms with Crippen LogP contribution in [0.5, 0.6) is 0 Å². The van der Waals surface area contributed by atoms with E-state index in [4.69, 9.17) is 0 Å². The molecule has 0 radical (unpaired) electrons. The lowest BCUT2D eigenvalue weighted by atomic mass is 9.84. The van der Waals surface area contributed by atoms with E-state index in [1.165, 1.54) is 43.0 Å². The molecule has 0 bridgehead atoms. The third kappa shape index (κ3) is 1.89. The monoisotopic (exact) mass is 290 g/mol. The molecule has 0 nitrogen and oxygen atoms in total. The third-order valence-electron chi connectivity index (χ3n) is 4.10. The average molecular weight is 291 g/mol. The first-order valence-corrected chi connectivity index (χ1v) is 7.63. The van der Waals surface area contributed by atoms with Gasteiger partial charge in [-0.2, -0.15) is 0 Å². The quantitative estimate of drug-likeness (QED) is 0.714. The molecule has 2 aliphatic carbocycles. The summed E-state index contributed by atoms with van der Waals surface area (Å²) in [7, 11) is 0. The summed E-state index contributed by atoms with van der Waals surface area (Å²) in [6.07, 6.45) is 11.4. The molecule has 1 aromatic rings. The van der Waals surface area contributed by atoms with Crippen molar-refractivity contribution >= 4 is 21.5 Å². The van der Waals surface area contributed by atoms with Gasteiger partial charge in [-0.25, -0.2) is 0 Å². The SMILES string of the molecule is CCCC1=CCc2c(Br)cc3c(c21)CCCC3. The Balaban J connectivity index is 2.14. The van der Waals surface area contributed by atoms with Gasteiger partial charge in [-0.05, 0) is 72.4 Å². The van der Waals surface area contributed by atoms with E-state index in [1.807, 2.05) is 0 Å². The molecule has 0 aromatic heterocycles. The van der Waals surface area contributed by atoms with E-state index >= 15 is 0 Å². The Hall–Kier alpha value is -0.560. The summed E-state index contributed by atoms with van der Waals surface area (Å²) in [4.78, 5) is 0. The van der Waals surface area contributed by atoms with Crippen molar-refractivity contribution in [2.45, 2.75) is 51.9 Å². The van der Waals surface area contributed by atoms with E-state index in [-0.39, 0.29) is 0 Å². The lowest BCUT2D eigenvalue weighted by Gasteiger charge is -2.22. The van der Waals surface area contributed by atoms with Gasteiger partial charge in [0, 0.05) is 4.47 Å². The topological polar surface area (TPSA) is 0 Å².